The van der Waals surface area contributed by atoms with Crippen molar-refractivity contribution in [1.29, 1.82) is 0 Å². The molecule has 160 valence electrons. The maximum absolute atomic E-state index is 13.9. The first-order valence-corrected chi connectivity index (χ1v) is 11.2. The summed E-state index contributed by atoms with van der Waals surface area (Å²) in [6.45, 7) is 4.18. The maximum atomic E-state index is 13.9. The zero-order valence-corrected chi connectivity index (χ0v) is 18.4. The van der Waals surface area contributed by atoms with E-state index in [0.717, 1.165) is 37.1 Å². The number of hydrogen-bond donors (Lipinski definition) is 0. The zero-order valence-electron chi connectivity index (χ0n) is 17.6. The summed E-state index contributed by atoms with van der Waals surface area (Å²) in [7, 11) is 0. The first-order valence-electron chi connectivity index (χ1n) is 10.8. The Morgan fingerprint density at radius 2 is 1.94 bits per heavy atom. The molecule has 1 saturated carbocycles. The van der Waals surface area contributed by atoms with Crippen molar-refractivity contribution in [2.24, 2.45) is 11.8 Å². The maximum Gasteiger partial charge on any atom is 0.275 e. The van der Waals surface area contributed by atoms with Crippen LogP contribution in [-0.4, -0.2) is 47.9 Å². The van der Waals surface area contributed by atoms with Crippen LogP contribution in [0, 0.1) is 18.8 Å². The molecule has 3 aliphatic rings. The van der Waals surface area contributed by atoms with Crippen LogP contribution in [0.4, 0.5) is 0 Å². The average molecular weight is 437 g/mol. The van der Waals surface area contributed by atoms with Crippen LogP contribution in [0.5, 0.6) is 0 Å². The molecule has 3 aromatic rings. The molecule has 5 heterocycles. The standard InChI is InChI=1S/C23H25ClN6O/c1-14-3-7-21(30-26-9-10-27-30)22(28-14)23(31)29-19-11-16(12-19)15(2)20(29)8-6-18-5-4-17(24)13-25-18/h3-5,7,9-10,13,15-16,19-20H,6,8,11-12H2,1-2H3/t15-,16?,19?,20?/m0/s1. The van der Waals surface area contributed by atoms with E-state index in [1.54, 1.807) is 18.6 Å². The van der Waals surface area contributed by atoms with E-state index in [4.69, 9.17) is 11.6 Å². The van der Waals surface area contributed by atoms with Gasteiger partial charge < -0.3 is 4.90 Å². The molecule has 2 atom stereocenters. The van der Waals surface area contributed by atoms with Gasteiger partial charge in [0.25, 0.3) is 5.91 Å². The van der Waals surface area contributed by atoms with Crippen molar-refractivity contribution in [2.75, 3.05) is 0 Å². The number of rotatable bonds is 5. The molecule has 0 N–H and O–H groups in total. The van der Waals surface area contributed by atoms with Crippen LogP contribution in [0.1, 0.15) is 48.1 Å². The number of aryl methyl sites for hydroxylation is 2. The lowest BCUT2D eigenvalue weighted by atomic mass is 9.64. The minimum atomic E-state index is -0.0277. The van der Waals surface area contributed by atoms with Crippen LogP contribution in [0.2, 0.25) is 5.02 Å². The molecule has 2 saturated heterocycles. The molecule has 3 aromatic heterocycles. The zero-order chi connectivity index (χ0) is 21.5. The number of hydrogen-bond acceptors (Lipinski definition) is 5. The molecular weight excluding hydrogens is 412 g/mol. The largest absolute Gasteiger partial charge is 0.331 e. The summed E-state index contributed by atoms with van der Waals surface area (Å²) in [5, 5.41) is 9.09. The van der Waals surface area contributed by atoms with Crippen molar-refractivity contribution in [3.8, 4) is 5.69 Å². The lowest BCUT2D eigenvalue weighted by molar-refractivity contribution is -0.0573. The third-order valence-corrected chi connectivity index (χ3v) is 7.04. The van der Waals surface area contributed by atoms with Crippen LogP contribution < -0.4 is 0 Å². The molecule has 0 aromatic carbocycles. The Balaban J connectivity index is 1.45. The smallest absolute Gasteiger partial charge is 0.275 e. The molecule has 1 amide bonds. The van der Waals surface area contributed by atoms with E-state index in [-0.39, 0.29) is 18.0 Å². The molecule has 31 heavy (non-hydrogen) atoms. The minimum absolute atomic E-state index is 0.0277. The topological polar surface area (TPSA) is 76.8 Å². The SMILES string of the molecule is Cc1ccc(-n2nccn2)c(C(=O)N2C3CC(C3)[C@H](C)C2CCc2ccc(Cl)cn2)n1. The lowest BCUT2D eigenvalue weighted by Gasteiger charge is -2.57. The predicted molar refractivity (Wildman–Crippen MR) is 117 cm³/mol. The van der Waals surface area contributed by atoms with Crippen molar-refractivity contribution in [1.82, 2.24) is 29.9 Å². The molecule has 0 radical (unpaired) electrons. The quantitative estimate of drug-likeness (QED) is 0.606. The van der Waals surface area contributed by atoms with Crippen LogP contribution in [0.3, 0.4) is 0 Å². The number of pyridine rings is 2. The number of piperidine rings is 2. The second-order valence-corrected chi connectivity index (χ2v) is 9.11. The van der Waals surface area contributed by atoms with Crippen molar-refractivity contribution in [3.05, 3.63) is 65.0 Å². The summed E-state index contributed by atoms with van der Waals surface area (Å²) in [6, 6.07) is 8.03. The van der Waals surface area contributed by atoms with E-state index < -0.39 is 0 Å². The van der Waals surface area contributed by atoms with Gasteiger partial charge in [0.2, 0.25) is 0 Å². The van der Waals surface area contributed by atoms with Gasteiger partial charge in [-0.1, -0.05) is 18.5 Å². The van der Waals surface area contributed by atoms with Gasteiger partial charge in [-0.2, -0.15) is 10.2 Å². The fraction of sp³-hybridized carbons (Fsp3) is 0.435. The van der Waals surface area contributed by atoms with Crippen molar-refractivity contribution < 1.29 is 4.79 Å². The Kier molecular flexibility index (Phi) is 5.22. The van der Waals surface area contributed by atoms with Gasteiger partial charge in [0.05, 0.1) is 17.4 Å². The molecule has 7 nitrogen and oxygen atoms in total. The van der Waals surface area contributed by atoms with E-state index in [9.17, 15) is 4.79 Å². The Morgan fingerprint density at radius 3 is 2.65 bits per heavy atom. The number of amides is 1. The third-order valence-electron chi connectivity index (χ3n) is 6.82. The second kappa shape index (κ2) is 8.04. The third kappa shape index (κ3) is 3.71. The summed E-state index contributed by atoms with van der Waals surface area (Å²) in [4.78, 5) is 26.5. The lowest BCUT2D eigenvalue weighted by Crippen LogP contribution is -2.63. The Labute approximate surface area is 186 Å². The minimum Gasteiger partial charge on any atom is -0.331 e. The van der Waals surface area contributed by atoms with E-state index in [1.165, 1.54) is 4.80 Å². The monoisotopic (exact) mass is 436 g/mol. The number of halogens is 1. The molecule has 0 spiro atoms. The van der Waals surface area contributed by atoms with E-state index in [2.05, 4.69) is 32.0 Å². The fourth-order valence-corrected chi connectivity index (χ4v) is 5.14. The van der Waals surface area contributed by atoms with Crippen molar-refractivity contribution >= 4 is 17.5 Å². The average Bonchev–Trinajstić information content (AvgIpc) is 3.27. The first-order chi connectivity index (χ1) is 15.0. The van der Waals surface area contributed by atoms with Crippen molar-refractivity contribution in [3.63, 3.8) is 0 Å². The number of carbonyl (C=O) groups is 1. The molecule has 2 aliphatic heterocycles. The molecular formula is C23H25ClN6O. The van der Waals surface area contributed by atoms with E-state index in [1.807, 2.05) is 31.2 Å². The Bertz CT molecular complexity index is 1080. The summed E-state index contributed by atoms with van der Waals surface area (Å²) in [5.74, 6) is 1.10. The van der Waals surface area contributed by atoms with Gasteiger partial charge >= 0.3 is 0 Å². The summed E-state index contributed by atoms with van der Waals surface area (Å²) in [6.07, 6.45) is 8.72. The number of aromatic nitrogens is 5. The Morgan fingerprint density at radius 1 is 1.16 bits per heavy atom. The van der Waals surface area contributed by atoms with Gasteiger partial charge in [-0.3, -0.25) is 9.78 Å². The molecule has 6 rings (SSSR count). The number of nitrogens with zero attached hydrogens (tertiary/aromatic N) is 6. The normalized spacial score (nSPS) is 24.7. The summed E-state index contributed by atoms with van der Waals surface area (Å²) in [5.41, 5.74) is 2.84. The number of carbonyl (C=O) groups excluding carboxylic acids is 1. The van der Waals surface area contributed by atoms with Crippen LogP contribution in [0.15, 0.2) is 42.9 Å². The molecule has 1 aliphatic carbocycles. The van der Waals surface area contributed by atoms with Gasteiger partial charge in [0.15, 0.2) is 5.69 Å². The van der Waals surface area contributed by atoms with Crippen LogP contribution >= 0.6 is 11.6 Å². The highest BCUT2D eigenvalue weighted by Crippen LogP contribution is 2.48. The predicted octanol–water partition coefficient (Wildman–Crippen LogP) is 3.89. The van der Waals surface area contributed by atoms with Gasteiger partial charge in [-0.15, -0.1) is 4.80 Å². The molecule has 8 heteroatoms. The Hall–Kier alpha value is -2.80. The number of fused-ring (bicyclic) bond motifs is 2. The van der Waals surface area contributed by atoms with Crippen molar-refractivity contribution in [2.45, 2.75) is 51.6 Å². The first kappa shape index (κ1) is 20.1. The van der Waals surface area contributed by atoms with Crippen LogP contribution in [0.25, 0.3) is 5.69 Å². The molecule has 3 fully saturated rings. The van der Waals surface area contributed by atoms with Gasteiger partial charge in [-0.25, -0.2) is 4.98 Å². The molecule has 2 bridgehead atoms. The van der Waals surface area contributed by atoms with E-state index in [0.29, 0.717) is 28.2 Å². The second-order valence-electron chi connectivity index (χ2n) is 8.67. The van der Waals surface area contributed by atoms with Crippen LogP contribution in [-0.2, 0) is 6.42 Å². The molecule has 1 unspecified atom stereocenters. The highest BCUT2D eigenvalue weighted by Gasteiger charge is 2.50. The highest BCUT2D eigenvalue weighted by atomic mass is 35.5. The van der Waals surface area contributed by atoms with Gasteiger partial charge in [0, 0.05) is 29.7 Å². The van der Waals surface area contributed by atoms with Gasteiger partial charge in [0.1, 0.15) is 5.69 Å². The summed E-state index contributed by atoms with van der Waals surface area (Å²) >= 11 is 5.98. The van der Waals surface area contributed by atoms with E-state index >= 15 is 0 Å². The van der Waals surface area contributed by atoms with Gasteiger partial charge in [-0.05, 0) is 68.7 Å². The fourth-order valence-electron chi connectivity index (χ4n) is 5.02. The highest BCUT2D eigenvalue weighted by molar-refractivity contribution is 6.30. The summed E-state index contributed by atoms with van der Waals surface area (Å²) < 4.78 is 0.